The zero-order chi connectivity index (χ0) is 14.7. The summed E-state index contributed by atoms with van der Waals surface area (Å²) >= 11 is 5.93. The number of nitrogens with one attached hydrogen (secondary N) is 1. The van der Waals surface area contributed by atoms with Crippen molar-refractivity contribution < 1.29 is 14.5 Å². The Kier molecular flexibility index (Phi) is 4.57. The molecular weight excluding hydrogens is 284 g/mol. The average molecular weight is 299 g/mol. The summed E-state index contributed by atoms with van der Waals surface area (Å²) in [6, 6.07) is 3.75. The first-order chi connectivity index (χ1) is 9.49. The van der Waals surface area contributed by atoms with Crippen molar-refractivity contribution in [2.75, 3.05) is 13.2 Å². The minimum atomic E-state index is -0.554. The van der Waals surface area contributed by atoms with E-state index in [4.69, 9.17) is 16.3 Å². The molecule has 1 fully saturated rings. The van der Waals surface area contributed by atoms with Gasteiger partial charge in [0.05, 0.1) is 22.1 Å². The minimum absolute atomic E-state index is 0.0691. The molecule has 0 radical (unpaired) electrons. The van der Waals surface area contributed by atoms with Gasteiger partial charge < -0.3 is 10.1 Å². The van der Waals surface area contributed by atoms with Gasteiger partial charge in [-0.15, -0.1) is 0 Å². The Morgan fingerprint density at radius 3 is 2.95 bits per heavy atom. The van der Waals surface area contributed by atoms with Crippen LogP contribution < -0.4 is 5.32 Å². The monoisotopic (exact) mass is 298 g/mol. The molecule has 7 heteroatoms. The largest absolute Gasteiger partial charge is 0.381 e. The van der Waals surface area contributed by atoms with Crippen molar-refractivity contribution in [1.29, 1.82) is 0 Å². The molecule has 0 spiro atoms. The third-order valence-corrected chi connectivity index (χ3v) is 3.77. The van der Waals surface area contributed by atoms with E-state index in [2.05, 4.69) is 5.32 Å². The van der Waals surface area contributed by atoms with E-state index in [1.165, 1.54) is 18.2 Å². The summed E-state index contributed by atoms with van der Waals surface area (Å²) < 4.78 is 5.27. The molecule has 1 N–H and O–H groups in total. The van der Waals surface area contributed by atoms with E-state index in [9.17, 15) is 14.9 Å². The van der Waals surface area contributed by atoms with E-state index >= 15 is 0 Å². The minimum Gasteiger partial charge on any atom is -0.381 e. The zero-order valence-corrected chi connectivity index (χ0v) is 11.7. The van der Waals surface area contributed by atoms with Crippen LogP contribution in [0.25, 0.3) is 0 Å². The number of rotatable bonds is 4. The number of carbonyl (C=O) groups excluding carboxylic acids is 1. The maximum absolute atomic E-state index is 12.1. The fourth-order valence-electron chi connectivity index (χ4n) is 2.15. The van der Waals surface area contributed by atoms with Crippen LogP contribution in [0.3, 0.4) is 0 Å². The number of non-ortho nitro benzene ring substituents is 1. The van der Waals surface area contributed by atoms with Crippen molar-refractivity contribution in [3.63, 3.8) is 0 Å². The van der Waals surface area contributed by atoms with E-state index in [0.717, 1.165) is 6.42 Å². The molecule has 6 nitrogen and oxygen atoms in total. The first-order valence-corrected chi connectivity index (χ1v) is 6.69. The van der Waals surface area contributed by atoms with Crippen molar-refractivity contribution in [3.8, 4) is 0 Å². The lowest BCUT2D eigenvalue weighted by atomic mass is 10.0. The summed E-state index contributed by atoms with van der Waals surface area (Å²) in [5.74, 6) is -0.144. The number of benzene rings is 1. The van der Waals surface area contributed by atoms with Crippen molar-refractivity contribution in [1.82, 2.24) is 5.32 Å². The lowest BCUT2D eigenvalue weighted by molar-refractivity contribution is -0.384. The Hall–Kier alpha value is -1.66. The molecule has 2 unspecified atom stereocenters. The topological polar surface area (TPSA) is 81.5 Å². The van der Waals surface area contributed by atoms with Gasteiger partial charge in [0.2, 0.25) is 0 Å². The summed E-state index contributed by atoms with van der Waals surface area (Å²) in [5, 5.41) is 13.7. The third kappa shape index (κ3) is 3.26. The maximum Gasteiger partial charge on any atom is 0.270 e. The molecule has 0 aromatic heterocycles. The van der Waals surface area contributed by atoms with E-state index in [1.54, 1.807) is 0 Å². The molecule has 1 amide bonds. The van der Waals surface area contributed by atoms with Crippen LogP contribution in [-0.2, 0) is 4.74 Å². The van der Waals surface area contributed by atoms with Crippen LogP contribution in [0.15, 0.2) is 18.2 Å². The second-order valence-corrected chi connectivity index (χ2v) is 5.21. The number of nitrogens with zero attached hydrogens (tertiary/aromatic N) is 1. The number of amides is 1. The van der Waals surface area contributed by atoms with Crippen LogP contribution in [0.1, 0.15) is 23.7 Å². The van der Waals surface area contributed by atoms with Gasteiger partial charge >= 0.3 is 0 Å². The lowest BCUT2D eigenvalue weighted by Crippen LogP contribution is -2.38. The van der Waals surface area contributed by atoms with Gasteiger partial charge in [-0.25, -0.2) is 0 Å². The normalized spacial score (nSPS) is 19.6. The first kappa shape index (κ1) is 14.7. The highest BCUT2D eigenvalue weighted by Crippen LogP contribution is 2.23. The molecule has 1 aromatic rings. The van der Waals surface area contributed by atoms with Crippen LogP contribution in [-0.4, -0.2) is 30.1 Å². The Bertz CT molecular complexity index is 529. The van der Waals surface area contributed by atoms with Crippen LogP contribution >= 0.6 is 11.6 Å². The number of nitro benzene ring substituents is 1. The van der Waals surface area contributed by atoms with E-state index in [-0.39, 0.29) is 28.2 Å². The Morgan fingerprint density at radius 2 is 2.35 bits per heavy atom. The SMILES string of the molecule is CC(NC(=O)c1cc([N+](=O)[O-])ccc1Cl)C1CCOC1. The molecular formula is C13H15ClN2O4. The van der Waals surface area contributed by atoms with Crippen molar-refractivity contribution in [2.24, 2.45) is 5.92 Å². The standard InChI is InChI=1S/C13H15ClN2O4/c1-8(9-4-5-20-7-9)15-13(17)11-6-10(16(18)19)2-3-12(11)14/h2-3,6,8-9H,4-5,7H2,1H3,(H,15,17). The number of hydrogen-bond donors (Lipinski definition) is 1. The first-order valence-electron chi connectivity index (χ1n) is 6.31. The van der Waals surface area contributed by atoms with Gasteiger partial charge in [-0.2, -0.15) is 0 Å². The summed E-state index contributed by atoms with van der Waals surface area (Å²) in [7, 11) is 0. The van der Waals surface area contributed by atoms with Gasteiger partial charge in [0.25, 0.3) is 11.6 Å². The highest BCUT2D eigenvalue weighted by Gasteiger charge is 2.25. The predicted octanol–water partition coefficient (Wildman–Crippen LogP) is 2.40. The number of halogens is 1. The number of nitro groups is 1. The summed E-state index contributed by atoms with van der Waals surface area (Å²) in [4.78, 5) is 22.3. The van der Waals surface area contributed by atoms with Crippen molar-refractivity contribution >= 4 is 23.2 Å². The van der Waals surface area contributed by atoms with Gasteiger partial charge in [0, 0.05) is 30.7 Å². The fraction of sp³-hybridized carbons (Fsp3) is 0.462. The number of hydrogen-bond acceptors (Lipinski definition) is 4. The van der Waals surface area contributed by atoms with E-state index in [0.29, 0.717) is 13.2 Å². The molecule has 2 rings (SSSR count). The van der Waals surface area contributed by atoms with Crippen LogP contribution in [0.4, 0.5) is 5.69 Å². The number of carbonyl (C=O) groups is 1. The molecule has 2 atom stereocenters. The van der Waals surface area contributed by atoms with Gasteiger partial charge in [0.15, 0.2) is 0 Å². The molecule has 0 bridgehead atoms. The molecule has 1 aliphatic rings. The molecule has 108 valence electrons. The highest BCUT2D eigenvalue weighted by atomic mass is 35.5. The smallest absolute Gasteiger partial charge is 0.270 e. The van der Waals surface area contributed by atoms with Gasteiger partial charge in [-0.1, -0.05) is 11.6 Å². The molecule has 1 saturated heterocycles. The summed E-state index contributed by atoms with van der Waals surface area (Å²) in [6.45, 7) is 3.20. The van der Waals surface area contributed by atoms with Crippen LogP contribution in [0, 0.1) is 16.0 Å². The van der Waals surface area contributed by atoms with Crippen molar-refractivity contribution in [2.45, 2.75) is 19.4 Å². The zero-order valence-electron chi connectivity index (χ0n) is 11.0. The molecule has 20 heavy (non-hydrogen) atoms. The molecule has 0 aliphatic carbocycles. The van der Waals surface area contributed by atoms with Gasteiger partial charge in [-0.05, 0) is 19.4 Å². The van der Waals surface area contributed by atoms with Crippen LogP contribution in [0.2, 0.25) is 5.02 Å². The summed E-state index contributed by atoms with van der Waals surface area (Å²) in [6.07, 6.45) is 0.893. The third-order valence-electron chi connectivity index (χ3n) is 3.44. The van der Waals surface area contributed by atoms with Gasteiger partial charge in [0.1, 0.15) is 0 Å². The summed E-state index contributed by atoms with van der Waals surface area (Å²) in [5.41, 5.74) is -0.0389. The Morgan fingerprint density at radius 1 is 1.60 bits per heavy atom. The maximum atomic E-state index is 12.1. The quantitative estimate of drug-likeness (QED) is 0.683. The predicted molar refractivity (Wildman–Crippen MR) is 74.0 cm³/mol. The molecule has 0 saturated carbocycles. The second kappa shape index (κ2) is 6.19. The van der Waals surface area contributed by atoms with Gasteiger partial charge in [-0.3, -0.25) is 14.9 Å². The van der Waals surface area contributed by atoms with Crippen LogP contribution in [0.5, 0.6) is 0 Å². The highest BCUT2D eigenvalue weighted by molar-refractivity contribution is 6.33. The lowest BCUT2D eigenvalue weighted by Gasteiger charge is -2.19. The number of ether oxygens (including phenoxy) is 1. The van der Waals surface area contributed by atoms with Crippen molar-refractivity contribution in [3.05, 3.63) is 38.9 Å². The fourth-order valence-corrected chi connectivity index (χ4v) is 2.35. The molecule has 1 heterocycles. The molecule has 1 aliphatic heterocycles. The van der Waals surface area contributed by atoms with E-state index < -0.39 is 10.8 Å². The average Bonchev–Trinajstić information content (AvgIpc) is 2.92. The van der Waals surface area contributed by atoms with E-state index in [1.807, 2.05) is 6.92 Å². The second-order valence-electron chi connectivity index (χ2n) is 4.81. The Labute approximate surface area is 121 Å². The Balaban J connectivity index is 2.11. The molecule has 1 aromatic carbocycles.